The third-order valence-corrected chi connectivity index (χ3v) is 3.60. The molecule has 1 aromatic rings. The van der Waals surface area contributed by atoms with Gasteiger partial charge in [-0.3, -0.25) is 4.79 Å². The van der Waals surface area contributed by atoms with E-state index in [1.807, 2.05) is 6.92 Å². The molecule has 17 heavy (non-hydrogen) atoms. The molecule has 0 bridgehead atoms. The predicted molar refractivity (Wildman–Crippen MR) is 64.9 cm³/mol. The van der Waals surface area contributed by atoms with Gasteiger partial charge in [0.2, 0.25) is 10.0 Å². The average Bonchev–Trinajstić information content (AvgIpc) is 2.26. The van der Waals surface area contributed by atoms with E-state index >= 15 is 0 Å². The van der Waals surface area contributed by atoms with Gasteiger partial charge in [0.15, 0.2) is 0 Å². The summed E-state index contributed by atoms with van der Waals surface area (Å²) in [6, 6.07) is 3.86. The summed E-state index contributed by atoms with van der Waals surface area (Å²) in [5.74, 6) is -0.755. The van der Waals surface area contributed by atoms with Gasteiger partial charge in [0.1, 0.15) is 0 Å². The monoisotopic (exact) mass is 257 g/mol. The van der Waals surface area contributed by atoms with Gasteiger partial charge < -0.3 is 11.5 Å². The second-order valence-corrected chi connectivity index (χ2v) is 5.28. The standard InChI is InChI=1S/C10H15N3O3S/c1-2-5-13-17(15,16)7-3-4-9(11)8(6-7)10(12)14/h3-4,6,13H,2,5,11H2,1H3,(H2,12,14). The smallest absolute Gasteiger partial charge is 0.250 e. The van der Waals surface area contributed by atoms with Gasteiger partial charge in [-0.2, -0.15) is 0 Å². The van der Waals surface area contributed by atoms with Gasteiger partial charge in [0, 0.05) is 12.2 Å². The number of benzene rings is 1. The van der Waals surface area contributed by atoms with E-state index in [1.54, 1.807) is 0 Å². The summed E-state index contributed by atoms with van der Waals surface area (Å²) in [6.45, 7) is 2.18. The Morgan fingerprint density at radius 1 is 1.41 bits per heavy atom. The molecule has 0 saturated carbocycles. The molecular formula is C10H15N3O3S. The molecule has 1 aromatic carbocycles. The van der Waals surface area contributed by atoms with E-state index in [-0.39, 0.29) is 16.1 Å². The molecule has 0 spiro atoms. The minimum absolute atomic E-state index is 0.00405. The molecule has 0 heterocycles. The number of anilines is 1. The highest BCUT2D eigenvalue weighted by atomic mass is 32.2. The molecule has 0 atom stereocenters. The van der Waals surface area contributed by atoms with E-state index in [2.05, 4.69) is 4.72 Å². The van der Waals surface area contributed by atoms with Crippen LogP contribution >= 0.6 is 0 Å². The van der Waals surface area contributed by atoms with Crippen LogP contribution in [0.1, 0.15) is 23.7 Å². The Morgan fingerprint density at radius 2 is 2.06 bits per heavy atom. The van der Waals surface area contributed by atoms with Gasteiger partial charge in [-0.25, -0.2) is 13.1 Å². The molecule has 0 aliphatic rings. The van der Waals surface area contributed by atoms with Crippen LogP contribution in [0.4, 0.5) is 5.69 Å². The fourth-order valence-electron chi connectivity index (χ4n) is 1.24. The number of nitrogens with two attached hydrogens (primary N) is 2. The molecule has 1 amide bonds. The zero-order valence-corrected chi connectivity index (χ0v) is 10.3. The van der Waals surface area contributed by atoms with Gasteiger partial charge >= 0.3 is 0 Å². The summed E-state index contributed by atoms with van der Waals surface area (Å²) < 4.78 is 25.9. The zero-order valence-electron chi connectivity index (χ0n) is 9.43. The Balaban J connectivity index is 3.16. The van der Waals surface area contributed by atoms with Crippen LogP contribution in [0.15, 0.2) is 23.1 Å². The molecule has 0 fully saturated rings. The number of primary amides is 1. The van der Waals surface area contributed by atoms with Crippen LogP contribution in [0, 0.1) is 0 Å². The third-order valence-electron chi connectivity index (χ3n) is 2.14. The first kappa shape index (κ1) is 13.5. The van der Waals surface area contributed by atoms with Gasteiger partial charge in [-0.1, -0.05) is 6.92 Å². The number of sulfonamides is 1. The van der Waals surface area contributed by atoms with Crippen LogP contribution in [0.5, 0.6) is 0 Å². The van der Waals surface area contributed by atoms with Crippen LogP contribution in [-0.4, -0.2) is 20.9 Å². The summed E-state index contributed by atoms with van der Waals surface area (Å²) in [4.78, 5) is 11.0. The number of nitrogens with one attached hydrogen (secondary N) is 1. The fourth-order valence-corrected chi connectivity index (χ4v) is 2.40. The first-order valence-electron chi connectivity index (χ1n) is 5.07. The minimum Gasteiger partial charge on any atom is -0.398 e. The molecule has 6 nitrogen and oxygen atoms in total. The summed E-state index contributed by atoms with van der Waals surface area (Å²) in [7, 11) is -3.61. The molecule has 0 aromatic heterocycles. The fraction of sp³-hybridized carbons (Fsp3) is 0.300. The summed E-state index contributed by atoms with van der Waals surface area (Å²) in [5, 5.41) is 0. The van der Waals surface area contributed by atoms with Crippen molar-refractivity contribution in [1.29, 1.82) is 0 Å². The third kappa shape index (κ3) is 3.18. The predicted octanol–water partition coefficient (Wildman–Crippen LogP) is 0.0560. The van der Waals surface area contributed by atoms with Crippen molar-refractivity contribution in [1.82, 2.24) is 4.72 Å². The Morgan fingerprint density at radius 3 is 2.59 bits per heavy atom. The van der Waals surface area contributed by atoms with Crippen molar-refractivity contribution in [3.63, 3.8) is 0 Å². The van der Waals surface area contributed by atoms with Crippen LogP contribution in [0.25, 0.3) is 0 Å². The van der Waals surface area contributed by atoms with Crippen molar-refractivity contribution < 1.29 is 13.2 Å². The van der Waals surface area contributed by atoms with E-state index < -0.39 is 15.9 Å². The highest BCUT2D eigenvalue weighted by molar-refractivity contribution is 7.89. The molecule has 7 heteroatoms. The quantitative estimate of drug-likeness (QED) is 0.646. The first-order chi connectivity index (χ1) is 7.88. The lowest BCUT2D eigenvalue weighted by atomic mass is 10.2. The summed E-state index contributed by atoms with van der Waals surface area (Å²) >= 11 is 0. The maximum atomic E-state index is 11.8. The number of carbonyl (C=O) groups is 1. The molecular weight excluding hydrogens is 242 g/mol. The number of hydrogen-bond acceptors (Lipinski definition) is 4. The van der Waals surface area contributed by atoms with Crippen LogP contribution in [0.2, 0.25) is 0 Å². The number of amides is 1. The van der Waals surface area contributed by atoms with Gasteiger partial charge in [-0.15, -0.1) is 0 Å². The van der Waals surface area contributed by atoms with E-state index in [0.717, 1.165) is 0 Å². The van der Waals surface area contributed by atoms with E-state index in [9.17, 15) is 13.2 Å². The van der Waals surface area contributed by atoms with Crippen molar-refractivity contribution in [3.05, 3.63) is 23.8 Å². The average molecular weight is 257 g/mol. The Labute approximate surface area is 100 Å². The maximum absolute atomic E-state index is 11.8. The van der Waals surface area contributed by atoms with Crippen molar-refractivity contribution in [2.75, 3.05) is 12.3 Å². The molecule has 0 saturated heterocycles. The van der Waals surface area contributed by atoms with Crippen molar-refractivity contribution in [3.8, 4) is 0 Å². The topological polar surface area (TPSA) is 115 Å². The van der Waals surface area contributed by atoms with E-state index in [1.165, 1.54) is 18.2 Å². The summed E-state index contributed by atoms with van der Waals surface area (Å²) in [6.07, 6.45) is 0.677. The first-order valence-corrected chi connectivity index (χ1v) is 6.55. The molecule has 0 radical (unpaired) electrons. The highest BCUT2D eigenvalue weighted by Gasteiger charge is 2.16. The number of rotatable bonds is 5. The number of nitrogen functional groups attached to an aromatic ring is 1. The molecule has 94 valence electrons. The molecule has 5 N–H and O–H groups in total. The zero-order chi connectivity index (χ0) is 13.1. The van der Waals surface area contributed by atoms with Gasteiger partial charge in [-0.05, 0) is 24.6 Å². The van der Waals surface area contributed by atoms with Gasteiger partial charge in [0.05, 0.1) is 10.5 Å². The molecule has 0 unspecified atom stereocenters. The number of hydrogen-bond donors (Lipinski definition) is 3. The van der Waals surface area contributed by atoms with E-state index in [0.29, 0.717) is 13.0 Å². The second kappa shape index (κ2) is 5.15. The maximum Gasteiger partial charge on any atom is 0.250 e. The lowest BCUT2D eigenvalue weighted by Crippen LogP contribution is -2.25. The lowest BCUT2D eigenvalue weighted by molar-refractivity contribution is 0.100. The SMILES string of the molecule is CCCNS(=O)(=O)c1ccc(N)c(C(N)=O)c1. The van der Waals surface area contributed by atoms with Crippen LogP contribution < -0.4 is 16.2 Å². The Hall–Kier alpha value is -1.60. The normalized spacial score (nSPS) is 11.4. The van der Waals surface area contributed by atoms with Crippen molar-refractivity contribution in [2.45, 2.75) is 18.2 Å². The minimum atomic E-state index is -3.61. The summed E-state index contributed by atoms with van der Waals surface area (Å²) in [5.41, 5.74) is 10.8. The molecule has 0 aliphatic carbocycles. The Bertz CT molecular complexity index is 526. The van der Waals surface area contributed by atoms with E-state index in [4.69, 9.17) is 11.5 Å². The van der Waals surface area contributed by atoms with Crippen LogP contribution in [-0.2, 0) is 10.0 Å². The van der Waals surface area contributed by atoms with Crippen molar-refractivity contribution >= 4 is 21.6 Å². The highest BCUT2D eigenvalue weighted by Crippen LogP contribution is 2.17. The second-order valence-electron chi connectivity index (χ2n) is 3.51. The largest absolute Gasteiger partial charge is 0.398 e. The number of carbonyl (C=O) groups excluding carboxylic acids is 1. The Kier molecular flexibility index (Phi) is 4.08. The molecule has 1 rings (SSSR count). The van der Waals surface area contributed by atoms with Crippen LogP contribution in [0.3, 0.4) is 0 Å². The molecule has 0 aliphatic heterocycles. The lowest BCUT2D eigenvalue weighted by Gasteiger charge is -2.08. The van der Waals surface area contributed by atoms with Gasteiger partial charge in [0.25, 0.3) is 5.91 Å². The van der Waals surface area contributed by atoms with Crippen molar-refractivity contribution in [2.24, 2.45) is 5.73 Å².